The van der Waals surface area contributed by atoms with E-state index >= 15 is 0 Å². The van der Waals surface area contributed by atoms with E-state index < -0.39 is 23.3 Å². The van der Waals surface area contributed by atoms with E-state index in [1.807, 2.05) is 13.8 Å². The summed E-state index contributed by atoms with van der Waals surface area (Å²) in [6, 6.07) is 2.17. The van der Waals surface area contributed by atoms with E-state index in [9.17, 15) is 8.78 Å². The molecule has 1 aromatic rings. The average Bonchev–Trinajstić information content (AvgIpc) is 2.42. The Morgan fingerprint density at radius 1 is 1.47 bits per heavy atom. The zero-order chi connectivity index (χ0) is 14.6. The van der Waals surface area contributed by atoms with Gasteiger partial charge in [0, 0.05) is 12.7 Å². The molecule has 0 spiro atoms. The summed E-state index contributed by atoms with van der Waals surface area (Å²) < 4.78 is 33.4. The van der Waals surface area contributed by atoms with Crippen molar-refractivity contribution >= 4 is 15.9 Å². The van der Waals surface area contributed by atoms with Crippen molar-refractivity contribution in [2.45, 2.75) is 38.3 Å². The van der Waals surface area contributed by atoms with E-state index in [1.54, 1.807) is 7.11 Å². The second-order valence-corrected chi connectivity index (χ2v) is 5.47. The topological polar surface area (TPSA) is 47.3 Å². The molecule has 0 amide bonds. The Labute approximate surface area is 120 Å². The van der Waals surface area contributed by atoms with Crippen LogP contribution >= 0.6 is 15.9 Å². The lowest BCUT2D eigenvalue weighted by molar-refractivity contribution is -0.0291. The zero-order valence-corrected chi connectivity index (χ0v) is 12.9. The number of halogens is 3. The third-order valence-electron chi connectivity index (χ3n) is 3.65. The van der Waals surface area contributed by atoms with Crippen LogP contribution in [0.25, 0.3) is 0 Å². The molecule has 0 aromatic heterocycles. The third-order valence-corrected chi connectivity index (χ3v) is 4.27. The molecule has 0 heterocycles. The average molecular weight is 337 g/mol. The SMILES string of the molecule is CCC(C)(OC)C(Cc1c(F)ccc(Br)c1F)NN. The van der Waals surface area contributed by atoms with Gasteiger partial charge in [0.05, 0.1) is 16.1 Å². The van der Waals surface area contributed by atoms with Crippen molar-refractivity contribution in [2.24, 2.45) is 5.84 Å². The number of hydrogen-bond donors (Lipinski definition) is 2. The molecule has 1 rings (SSSR count). The highest BCUT2D eigenvalue weighted by Crippen LogP contribution is 2.27. The number of ether oxygens (including phenoxy) is 1. The molecule has 19 heavy (non-hydrogen) atoms. The van der Waals surface area contributed by atoms with Gasteiger partial charge in [-0.15, -0.1) is 0 Å². The van der Waals surface area contributed by atoms with Gasteiger partial charge in [-0.3, -0.25) is 11.3 Å². The minimum Gasteiger partial charge on any atom is -0.377 e. The van der Waals surface area contributed by atoms with Gasteiger partial charge in [0.15, 0.2) is 0 Å². The number of nitrogens with two attached hydrogens (primary N) is 1. The first kappa shape index (κ1) is 16.5. The molecule has 2 unspecified atom stereocenters. The van der Waals surface area contributed by atoms with Gasteiger partial charge in [0.25, 0.3) is 0 Å². The molecule has 0 aliphatic heterocycles. The van der Waals surface area contributed by atoms with E-state index in [2.05, 4.69) is 21.4 Å². The highest BCUT2D eigenvalue weighted by atomic mass is 79.9. The van der Waals surface area contributed by atoms with Crippen LogP contribution in [0.4, 0.5) is 8.78 Å². The van der Waals surface area contributed by atoms with Crippen molar-refractivity contribution in [1.82, 2.24) is 5.43 Å². The molecule has 0 bridgehead atoms. The van der Waals surface area contributed by atoms with E-state index in [-0.39, 0.29) is 16.5 Å². The molecule has 0 saturated heterocycles. The van der Waals surface area contributed by atoms with Crippen molar-refractivity contribution in [3.8, 4) is 0 Å². The van der Waals surface area contributed by atoms with Crippen molar-refractivity contribution in [1.29, 1.82) is 0 Å². The maximum Gasteiger partial charge on any atom is 0.143 e. The summed E-state index contributed by atoms with van der Waals surface area (Å²) in [5.41, 5.74) is 1.99. The van der Waals surface area contributed by atoms with Crippen LogP contribution in [0.5, 0.6) is 0 Å². The Bertz CT molecular complexity index is 439. The van der Waals surface area contributed by atoms with E-state index in [1.165, 1.54) is 12.1 Å². The van der Waals surface area contributed by atoms with Crippen LogP contribution in [0.1, 0.15) is 25.8 Å². The zero-order valence-electron chi connectivity index (χ0n) is 11.3. The minimum absolute atomic E-state index is 0.00551. The summed E-state index contributed by atoms with van der Waals surface area (Å²) in [5.74, 6) is 4.32. The highest BCUT2D eigenvalue weighted by Gasteiger charge is 2.33. The summed E-state index contributed by atoms with van der Waals surface area (Å²) in [7, 11) is 1.56. The molecule has 108 valence electrons. The smallest absolute Gasteiger partial charge is 0.143 e. The maximum absolute atomic E-state index is 14.0. The van der Waals surface area contributed by atoms with E-state index in [4.69, 9.17) is 10.6 Å². The highest BCUT2D eigenvalue weighted by molar-refractivity contribution is 9.10. The van der Waals surface area contributed by atoms with Crippen molar-refractivity contribution < 1.29 is 13.5 Å². The van der Waals surface area contributed by atoms with Crippen LogP contribution in [0.3, 0.4) is 0 Å². The number of nitrogens with one attached hydrogen (secondary N) is 1. The Morgan fingerprint density at radius 3 is 2.58 bits per heavy atom. The first-order valence-corrected chi connectivity index (χ1v) is 6.82. The number of hydrogen-bond acceptors (Lipinski definition) is 3. The van der Waals surface area contributed by atoms with Crippen LogP contribution in [0, 0.1) is 11.6 Å². The summed E-state index contributed by atoms with van der Waals surface area (Å²) in [4.78, 5) is 0. The molecule has 0 aliphatic carbocycles. The van der Waals surface area contributed by atoms with Gasteiger partial charge < -0.3 is 4.74 Å². The molecular weight excluding hydrogens is 318 g/mol. The Hall–Kier alpha value is -0.560. The molecule has 0 saturated carbocycles. The quantitative estimate of drug-likeness (QED) is 0.477. The van der Waals surface area contributed by atoms with E-state index in [0.29, 0.717) is 6.42 Å². The number of hydrazine groups is 1. The lowest BCUT2D eigenvalue weighted by atomic mass is 9.88. The van der Waals surface area contributed by atoms with Gasteiger partial charge in [-0.1, -0.05) is 6.92 Å². The summed E-state index contributed by atoms with van der Waals surface area (Å²) >= 11 is 3.05. The Morgan fingerprint density at radius 2 is 2.11 bits per heavy atom. The molecule has 1 aromatic carbocycles. The summed E-state index contributed by atoms with van der Waals surface area (Å²) in [6.07, 6.45) is 0.765. The van der Waals surface area contributed by atoms with Crippen LogP contribution < -0.4 is 11.3 Å². The summed E-state index contributed by atoms with van der Waals surface area (Å²) in [5, 5.41) is 0. The van der Waals surface area contributed by atoms with E-state index in [0.717, 1.165) is 0 Å². The van der Waals surface area contributed by atoms with Crippen molar-refractivity contribution in [3.63, 3.8) is 0 Å². The van der Waals surface area contributed by atoms with Crippen LogP contribution in [0.2, 0.25) is 0 Å². The molecule has 0 radical (unpaired) electrons. The number of benzene rings is 1. The molecular formula is C13H19BrF2N2O. The maximum atomic E-state index is 14.0. The van der Waals surface area contributed by atoms with Gasteiger partial charge >= 0.3 is 0 Å². The number of methoxy groups -OCH3 is 1. The normalized spacial score (nSPS) is 16.2. The minimum atomic E-state index is -0.602. The van der Waals surface area contributed by atoms with Gasteiger partial charge in [0.2, 0.25) is 0 Å². The predicted octanol–water partition coefficient (Wildman–Crippen LogP) is 2.92. The van der Waals surface area contributed by atoms with Gasteiger partial charge in [-0.25, -0.2) is 8.78 Å². The molecule has 6 heteroatoms. The Balaban J connectivity index is 3.09. The summed E-state index contributed by atoms with van der Waals surface area (Å²) in [6.45, 7) is 3.78. The predicted molar refractivity (Wildman–Crippen MR) is 74.6 cm³/mol. The lowest BCUT2D eigenvalue weighted by Gasteiger charge is -2.35. The lowest BCUT2D eigenvalue weighted by Crippen LogP contribution is -2.53. The fourth-order valence-corrected chi connectivity index (χ4v) is 2.32. The second-order valence-electron chi connectivity index (χ2n) is 4.62. The van der Waals surface area contributed by atoms with Crippen LogP contribution in [-0.2, 0) is 11.2 Å². The molecule has 2 atom stereocenters. The first-order chi connectivity index (χ1) is 8.89. The second kappa shape index (κ2) is 6.74. The third kappa shape index (κ3) is 3.51. The van der Waals surface area contributed by atoms with Gasteiger partial charge in [-0.05, 0) is 47.8 Å². The fraction of sp³-hybridized carbons (Fsp3) is 0.538. The molecule has 0 aliphatic rings. The largest absolute Gasteiger partial charge is 0.377 e. The molecule has 3 N–H and O–H groups in total. The first-order valence-electron chi connectivity index (χ1n) is 6.03. The number of rotatable bonds is 6. The fourth-order valence-electron chi connectivity index (χ4n) is 1.94. The molecule has 0 fully saturated rings. The van der Waals surface area contributed by atoms with Crippen molar-refractivity contribution in [2.75, 3.05) is 7.11 Å². The van der Waals surface area contributed by atoms with Gasteiger partial charge in [-0.2, -0.15) is 0 Å². The molecule has 3 nitrogen and oxygen atoms in total. The monoisotopic (exact) mass is 336 g/mol. The van der Waals surface area contributed by atoms with Crippen molar-refractivity contribution in [3.05, 3.63) is 33.8 Å². The van der Waals surface area contributed by atoms with Crippen LogP contribution in [-0.4, -0.2) is 18.8 Å². The van der Waals surface area contributed by atoms with Crippen LogP contribution in [0.15, 0.2) is 16.6 Å². The van der Waals surface area contributed by atoms with Gasteiger partial charge in [0.1, 0.15) is 11.6 Å². The Kier molecular flexibility index (Phi) is 5.85. The standard InChI is InChI=1S/C13H19BrF2N2O/c1-4-13(2,19-3)11(18-17)7-8-10(15)6-5-9(14)12(8)16/h5-6,11,18H,4,7,17H2,1-3H3.